The highest BCUT2D eigenvalue weighted by atomic mass is 35.5. The van der Waals surface area contributed by atoms with Gasteiger partial charge in [-0.05, 0) is 43.5 Å². The second-order valence-corrected chi connectivity index (χ2v) is 7.37. The van der Waals surface area contributed by atoms with Gasteiger partial charge in [-0.2, -0.15) is 11.8 Å². The van der Waals surface area contributed by atoms with Gasteiger partial charge in [0, 0.05) is 9.62 Å². The minimum Gasteiger partial charge on any atom is -0.308 e. The predicted molar refractivity (Wildman–Crippen MR) is 75.8 cm³/mol. The molecule has 1 aliphatic heterocycles. The zero-order valence-corrected chi connectivity index (χ0v) is 12.1. The number of hydrogen-bond acceptors (Lipinski definition) is 3. The summed E-state index contributed by atoms with van der Waals surface area (Å²) in [6.07, 6.45) is 2.61. The van der Waals surface area contributed by atoms with Crippen LogP contribution in [0.5, 0.6) is 0 Å². The standard InChI is InChI=1S/C12H18ClNS2/c1-3-14-11(10-9(13)5-8-15-10)12(2)6-4-7-16-12/h5,8,11,14H,3-4,6-7H2,1-2H3. The van der Waals surface area contributed by atoms with Gasteiger partial charge in [0.25, 0.3) is 0 Å². The molecule has 0 bridgehead atoms. The summed E-state index contributed by atoms with van der Waals surface area (Å²) in [5.74, 6) is 1.28. The highest BCUT2D eigenvalue weighted by molar-refractivity contribution is 8.00. The van der Waals surface area contributed by atoms with Gasteiger partial charge in [-0.15, -0.1) is 11.3 Å². The number of hydrogen-bond donors (Lipinski definition) is 1. The lowest BCUT2D eigenvalue weighted by atomic mass is 9.94. The SMILES string of the molecule is CCNC(c1sccc1Cl)C1(C)CCCS1. The fourth-order valence-corrected chi connectivity index (χ4v) is 5.21. The van der Waals surface area contributed by atoms with Crippen LogP contribution in [0.3, 0.4) is 0 Å². The Kier molecular flexibility index (Phi) is 4.22. The molecule has 1 fully saturated rings. The molecule has 1 aliphatic rings. The maximum atomic E-state index is 6.27. The Morgan fingerprint density at radius 1 is 1.62 bits per heavy atom. The van der Waals surface area contributed by atoms with Crippen molar-refractivity contribution in [3.05, 3.63) is 21.3 Å². The molecule has 90 valence electrons. The van der Waals surface area contributed by atoms with E-state index in [4.69, 9.17) is 11.6 Å². The molecule has 2 rings (SSSR count). The van der Waals surface area contributed by atoms with Crippen molar-refractivity contribution in [2.45, 2.75) is 37.5 Å². The first-order valence-electron chi connectivity index (χ1n) is 5.77. The molecular weight excluding hydrogens is 258 g/mol. The molecule has 16 heavy (non-hydrogen) atoms. The summed E-state index contributed by atoms with van der Waals surface area (Å²) >= 11 is 10.1. The second-order valence-electron chi connectivity index (χ2n) is 4.39. The molecule has 2 atom stereocenters. The third-order valence-corrected chi connectivity index (χ3v) is 6.19. The van der Waals surface area contributed by atoms with E-state index < -0.39 is 0 Å². The highest BCUT2D eigenvalue weighted by Crippen LogP contribution is 2.48. The van der Waals surface area contributed by atoms with Gasteiger partial charge in [0.1, 0.15) is 0 Å². The molecule has 1 aromatic heterocycles. The van der Waals surface area contributed by atoms with Gasteiger partial charge in [-0.3, -0.25) is 0 Å². The topological polar surface area (TPSA) is 12.0 Å². The van der Waals surface area contributed by atoms with Crippen molar-refractivity contribution in [1.29, 1.82) is 0 Å². The molecule has 1 nitrogen and oxygen atoms in total. The van der Waals surface area contributed by atoms with E-state index in [2.05, 4.69) is 36.3 Å². The maximum Gasteiger partial charge on any atom is 0.0576 e. The van der Waals surface area contributed by atoms with E-state index in [0.717, 1.165) is 11.6 Å². The molecule has 1 saturated heterocycles. The van der Waals surface area contributed by atoms with Crippen LogP contribution in [0, 0.1) is 0 Å². The molecule has 0 aliphatic carbocycles. The largest absolute Gasteiger partial charge is 0.308 e. The Hall–Kier alpha value is 0.300. The number of thioether (sulfide) groups is 1. The minimum absolute atomic E-state index is 0.310. The fraction of sp³-hybridized carbons (Fsp3) is 0.667. The quantitative estimate of drug-likeness (QED) is 0.877. The number of nitrogens with one attached hydrogen (secondary N) is 1. The van der Waals surface area contributed by atoms with Crippen LogP contribution < -0.4 is 5.32 Å². The molecule has 0 spiro atoms. The van der Waals surface area contributed by atoms with Crippen LogP contribution in [-0.2, 0) is 0 Å². The van der Waals surface area contributed by atoms with E-state index >= 15 is 0 Å². The van der Waals surface area contributed by atoms with Crippen LogP contribution in [-0.4, -0.2) is 17.0 Å². The Bertz CT molecular complexity index is 345. The molecule has 0 radical (unpaired) electrons. The number of halogens is 1. The van der Waals surface area contributed by atoms with Gasteiger partial charge >= 0.3 is 0 Å². The molecule has 0 saturated carbocycles. The summed E-state index contributed by atoms with van der Waals surface area (Å²) in [5.41, 5.74) is 0. The lowest BCUT2D eigenvalue weighted by Crippen LogP contribution is -2.37. The first-order valence-corrected chi connectivity index (χ1v) is 8.02. The first kappa shape index (κ1) is 12.7. The lowest BCUT2D eigenvalue weighted by molar-refractivity contribution is 0.427. The van der Waals surface area contributed by atoms with E-state index in [1.165, 1.54) is 23.5 Å². The number of thiophene rings is 1. The molecule has 1 N–H and O–H groups in total. The Morgan fingerprint density at radius 3 is 2.94 bits per heavy atom. The summed E-state index contributed by atoms with van der Waals surface area (Å²) in [6.45, 7) is 5.53. The summed E-state index contributed by atoms with van der Waals surface area (Å²) in [5, 5.41) is 6.62. The first-order chi connectivity index (χ1) is 7.67. The normalized spacial score (nSPS) is 27.2. The lowest BCUT2D eigenvalue weighted by Gasteiger charge is -2.33. The van der Waals surface area contributed by atoms with Crippen molar-refractivity contribution in [2.24, 2.45) is 0 Å². The smallest absolute Gasteiger partial charge is 0.0576 e. The average Bonchev–Trinajstić information content (AvgIpc) is 2.85. The van der Waals surface area contributed by atoms with Crippen LogP contribution in [0.1, 0.15) is 37.6 Å². The van der Waals surface area contributed by atoms with E-state index in [1.54, 1.807) is 11.3 Å². The summed E-state index contributed by atoms with van der Waals surface area (Å²) in [4.78, 5) is 1.31. The average molecular weight is 276 g/mol. The van der Waals surface area contributed by atoms with E-state index in [1.807, 2.05) is 6.07 Å². The second kappa shape index (κ2) is 5.30. The van der Waals surface area contributed by atoms with E-state index in [0.29, 0.717) is 10.8 Å². The molecular formula is C12H18ClNS2. The van der Waals surface area contributed by atoms with Crippen molar-refractivity contribution in [1.82, 2.24) is 5.32 Å². The Labute approximate surface area is 111 Å². The van der Waals surface area contributed by atoms with Crippen molar-refractivity contribution < 1.29 is 0 Å². The van der Waals surface area contributed by atoms with Gasteiger partial charge in [0.15, 0.2) is 0 Å². The van der Waals surface area contributed by atoms with Gasteiger partial charge < -0.3 is 5.32 Å². The zero-order valence-electron chi connectivity index (χ0n) is 9.75. The van der Waals surface area contributed by atoms with E-state index in [-0.39, 0.29) is 0 Å². The Morgan fingerprint density at radius 2 is 2.44 bits per heavy atom. The third-order valence-electron chi connectivity index (χ3n) is 3.18. The van der Waals surface area contributed by atoms with Gasteiger partial charge in [-0.1, -0.05) is 18.5 Å². The van der Waals surface area contributed by atoms with Crippen molar-refractivity contribution in [3.8, 4) is 0 Å². The minimum atomic E-state index is 0.310. The van der Waals surface area contributed by atoms with E-state index in [9.17, 15) is 0 Å². The van der Waals surface area contributed by atoms with Crippen LogP contribution in [0.4, 0.5) is 0 Å². The van der Waals surface area contributed by atoms with Gasteiger partial charge in [0.05, 0.1) is 11.1 Å². The van der Waals surface area contributed by atoms with Crippen molar-refractivity contribution >= 4 is 34.7 Å². The monoisotopic (exact) mass is 275 g/mol. The van der Waals surface area contributed by atoms with Crippen molar-refractivity contribution in [3.63, 3.8) is 0 Å². The molecule has 1 aromatic rings. The van der Waals surface area contributed by atoms with Gasteiger partial charge in [0.2, 0.25) is 0 Å². The molecule has 2 unspecified atom stereocenters. The Balaban J connectivity index is 2.26. The van der Waals surface area contributed by atoms with Crippen LogP contribution in [0.15, 0.2) is 11.4 Å². The molecule has 4 heteroatoms. The molecule has 0 amide bonds. The number of rotatable bonds is 4. The van der Waals surface area contributed by atoms with Gasteiger partial charge in [-0.25, -0.2) is 0 Å². The zero-order chi connectivity index (χ0) is 11.6. The fourth-order valence-electron chi connectivity index (χ4n) is 2.33. The highest BCUT2D eigenvalue weighted by Gasteiger charge is 2.39. The summed E-state index contributed by atoms with van der Waals surface area (Å²) < 4.78 is 0.310. The van der Waals surface area contributed by atoms with Crippen LogP contribution in [0.2, 0.25) is 5.02 Å². The third kappa shape index (κ3) is 2.42. The maximum absolute atomic E-state index is 6.27. The molecule has 2 heterocycles. The van der Waals surface area contributed by atoms with Crippen LogP contribution in [0.25, 0.3) is 0 Å². The van der Waals surface area contributed by atoms with Crippen molar-refractivity contribution in [2.75, 3.05) is 12.3 Å². The summed E-state index contributed by atoms with van der Waals surface area (Å²) in [7, 11) is 0. The van der Waals surface area contributed by atoms with Crippen LogP contribution >= 0.6 is 34.7 Å². The predicted octanol–water partition coefficient (Wildman–Crippen LogP) is 4.34. The molecule has 0 aromatic carbocycles. The summed E-state index contributed by atoms with van der Waals surface area (Å²) in [6, 6.07) is 2.41.